The van der Waals surface area contributed by atoms with E-state index in [0.29, 0.717) is 35.4 Å². The van der Waals surface area contributed by atoms with Crippen LogP contribution in [0.1, 0.15) is 42.2 Å². The minimum absolute atomic E-state index is 0.213. The molecule has 0 N–H and O–H groups in total. The number of carbonyl (C=O) groups excluding carboxylic acids is 1. The molecule has 1 aliphatic rings. The molecule has 1 aliphatic heterocycles. The van der Waals surface area contributed by atoms with Gasteiger partial charge in [-0.3, -0.25) is 9.20 Å². The van der Waals surface area contributed by atoms with Gasteiger partial charge in [0.1, 0.15) is 5.69 Å². The molecule has 30 heavy (non-hydrogen) atoms. The van der Waals surface area contributed by atoms with Crippen LogP contribution in [0.15, 0.2) is 53.8 Å². The third-order valence-corrected chi connectivity index (χ3v) is 7.59. The highest BCUT2D eigenvalue weighted by molar-refractivity contribution is 7.89. The topological polar surface area (TPSA) is 87.9 Å². The van der Waals surface area contributed by atoms with Gasteiger partial charge in [0, 0.05) is 44.8 Å². The molecule has 3 heterocycles. The lowest BCUT2D eigenvalue weighted by atomic mass is 9.99. The Bertz CT molecular complexity index is 1120. The fraction of sp³-hybridized carbons (Fsp3) is 0.381. The van der Waals surface area contributed by atoms with Crippen molar-refractivity contribution in [2.75, 3.05) is 26.2 Å². The first kappa shape index (κ1) is 20.5. The zero-order chi connectivity index (χ0) is 21.3. The summed E-state index contributed by atoms with van der Waals surface area (Å²) in [6.45, 7) is 5.39. The van der Waals surface area contributed by atoms with Gasteiger partial charge < -0.3 is 4.90 Å². The molecule has 9 heteroatoms. The fourth-order valence-corrected chi connectivity index (χ4v) is 5.00. The first-order chi connectivity index (χ1) is 14.4. The number of piperazine rings is 1. The number of aromatic nitrogens is 3. The van der Waals surface area contributed by atoms with Crippen LogP contribution in [-0.4, -0.2) is 64.1 Å². The Balaban J connectivity index is 1.43. The minimum atomic E-state index is -3.58. The lowest BCUT2D eigenvalue weighted by molar-refractivity contribution is 0.0692. The molecule has 0 bridgehead atoms. The summed E-state index contributed by atoms with van der Waals surface area (Å²) in [7, 11) is -3.58. The van der Waals surface area contributed by atoms with E-state index < -0.39 is 10.0 Å². The van der Waals surface area contributed by atoms with Gasteiger partial charge in [-0.25, -0.2) is 18.4 Å². The second-order valence-electron chi connectivity index (χ2n) is 7.53. The Hall–Kier alpha value is -2.78. The number of imidazole rings is 1. The molecular formula is C21H25N5O3S. The van der Waals surface area contributed by atoms with Crippen LogP contribution in [0.25, 0.3) is 5.78 Å². The first-order valence-corrected chi connectivity index (χ1v) is 11.5. The molecule has 0 radical (unpaired) electrons. The summed E-state index contributed by atoms with van der Waals surface area (Å²) in [5.74, 6) is 0.643. The molecule has 4 rings (SSSR count). The van der Waals surface area contributed by atoms with Gasteiger partial charge in [-0.15, -0.1) is 0 Å². The molecule has 1 saturated heterocycles. The lowest BCUT2D eigenvalue weighted by Crippen LogP contribution is -2.50. The van der Waals surface area contributed by atoms with E-state index in [4.69, 9.17) is 0 Å². The van der Waals surface area contributed by atoms with Gasteiger partial charge in [0.2, 0.25) is 15.8 Å². The number of rotatable bonds is 5. The average Bonchev–Trinajstić information content (AvgIpc) is 3.22. The Kier molecular flexibility index (Phi) is 5.57. The molecule has 0 spiro atoms. The maximum absolute atomic E-state index is 13.0. The number of sulfonamides is 1. The number of fused-ring (bicyclic) bond motifs is 1. The van der Waals surface area contributed by atoms with Crippen molar-refractivity contribution in [3.05, 3.63) is 60.2 Å². The average molecular weight is 428 g/mol. The Labute approximate surface area is 176 Å². The maximum atomic E-state index is 13.0. The quantitative estimate of drug-likeness (QED) is 0.624. The van der Waals surface area contributed by atoms with Gasteiger partial charge in [-0.2, -0.15) is 4.31 Å². The first-order valence-electron chi connectivity index (χ1n) is 10.1. The molecule has 3 aromatic rings. The predicted molar refractivity (Wildman–Crippen MR) is 113 cm³/mol. The van der Waals surface area contributed by atoms with Crippen LogP contribution in [0.4, 0.5) is 0 Å². The van der Waals surface area contributed by atoms with Crippen LogP contribution >= 0.6 is 0 Å². The molecule has 0 saturated carbocycles. The smallest absolute Gasteiger partial charge is 0.274 e. The van der Waals surface area contributed by atoms with Gasteiger partial charge >= 0.3 is 0 Å². The molecular weight excluding hydrogens is 402 g/mol. The van der Waals surface area contributed by atoms with Crippen molar-refractivity contribution in [2.24, 2.45) is 0 Å². The van der Waals surface area contributed by atoms with Crippen LogP contribution in [-0.2, 0) is 10.0 Å². The van der Waals surface area contributed by atoms with E-state index in [2.05, 4.69) is 23.8 Å². The van der Waals surface area contributed by atoms with E-state index in [-0.39, 0.29) is 19.0 Å². The number of benzene rings is 1. The zero-order valence-corrected chi connectivity index (χ0v) is 17.9. The Morgan fingerprint density at radius 1 is 1.13 bits per heavy atom. The van der Waals surface area contributed by atoms with Gasteiger partial charge in [-0.05, 0) is 36.1 Å². The predicted octanol–water partition coefficient (Wildman–Crippen LogP) is 2.39. The van der Waals surface area contributed by atoms with Crippen molar-refractivity contribution in [3.8, 4) is 0 Å². The van der Waals surface area contributed by atoms with Crippen molar-refractivity contribution in [1.82, 2.24) is 23.6 Å². The molecule has 0 aliphatic carbocycles. The summed E-state index contributed by atoms with van der Waals surface area (Å²) in [5.41, 5.74) is 1.44. The molecule has 158 valence electrons. The van der Waals surface area contributed by atoms with E-state index >= 15 is 0 Å². The summed E-state index contributed by atoms with van der Waals surface area (Å²) in [6, 6.07) is 8.90. The number of carbonyl (C=O) groups is 1. The molecule has 1 unspecified atom stereocenters. The van der Waals surface area contributed by atoms with Gasteiger partial charge in [0.05, 0.1) is 4.90 Å². The summed E-state index contributed by atoms with van der Waals surface area (Å²) in [6.07, 6.45) is 6.05. The highest BCUT2D eigenvalue weighted by Gasteiger charge is 2.31. The second-order valence-corrected chi connectivity index (χ2v) is 9.47. The fourth-order valence-electron chi connectivity index (χ4n) is 3.58. The van der Waals surface area contributed by atoms with Gasteiger partial charge in [-0.1, -0.05) is 26.0 Å². The van der Waals surface area contributed by atoms with Crippen LogP contribution in [0.5, 0.6) is 0 Å². The van der Waals surface area contributed by atoms with E-state index in [1.807, 2.05) is 12.1 Å². The van der Waals surface area contributed by atoms with Crippen molar-refractivity contribution in [3.63, 3.8) is 0 Å². The van der Waals surface area contributed by atoms with Crippen LogP contribution in [0.3, 0.4) is 0 Å². The summed E-state index contributed by atoms with van der Waals surface area (Å²) in [5, 5.41) is 0. The van der Waals surface area contributed by atoms with Crippen molar-refractivity contribution >= 4 is 21.7 Å². The monoisotopic (exact) mass is 427 g/mol. The number of nitrogens with zero attached hydrogens (tertiary/aromatic N) is 5. The minimum Gasteiger partial charge on any atom is -0.335 e. The maximum Gasteiger partial charge on any atom is 0.274 e. The number of amides is 1. The highest BCUT2D eigenvalue weighted by atomic mass is 32.2. The molecule has 2 aromatic heterocycles. The van der Waals surface area contributed by atoms with E-state index in [9.17, 15) is 13.2 Å². The standard InChI is InChI=1S/C21H25N5O3S/c1-3-16(2)17-5-7-18(8-6-17)30(28,29)26-13-11-24(12-14-26)20(27)19-15-25-10-4-9-22-21(25)23-19/h4-10,15-16H,3,11-14H2,1-2H3. The van der Waals surface area contributed by atoms with E-state index in [1.165, 1.54) is 4.31 Å². The summed E-state index contributed by atoms with van der Waals surface area (Å²) >= 11 is 0. The third kappa shape index (κ3) is 3.82. The van der Waals surface area contributed by atoms with E-state index in [0.717, 1.165) is 12.0 Å². The lowest BCUT2D eigenvalue weighted by Gasteiger charge is -2.33. The molecule has 8 nitrogen and oxygen atoms in total. The highest BCUT2D eigenvalue weighted by Crippen LogP contribution is 2.23. The largest absolute Gasteiger partial charge is 0.335 e. The molecule has 1 aromatic carbocycles. The summed E-state index contributed by atoms with van der Waals surface area (Å²) in [4.78, 5) is 23.1. The van der Waals surface area contributed by atoms with Crippen LogP contribution in [0.2, 0.25) is 0 Å². The third-order valence-electron chi connectivity index (χ3n) is 5.68. The van der Waals surface area contributed by atoms with Crippen molar-refractivity contribution in [1.29, 1.82) is 0 Å². The van der Waals surface area contributed by atoms with Crippen molar-refractivity contribution < 1.29 is 13.2 Å². The molecule has 1 amide bonds. The SMILES string of the molecule is CCC(C)c1ccc(S(=O)(=O)N2CCN(C(=O)c3cn4cccnc4n3)CC2)cc1. The van der Waals surface area contributed by atoms with Crippen molar-refractivity contribution in [2.45, 2.75) is 31.1 Å². The second kappa shape index (κ2) is 8.16. The Morgan fingerprint density at radius 2 is 1.83 bits per heavy atom. The number of hydrogen-bond donors (Lipinski definition) is 0. The van der Waals surface area contributed by atoms with Crippen LogP contribution < -0.4 is 0 Å². The summed E-state index contributed by atoms with van der Waals surface area (Å²) < 4.78 is 29.1. The zero-order valence-electron chi connectivity index (χ0n) is 17.1. The van der Waals surface area contributed by atoms with Crippen LogP contribution in [0, 0.1) is 0 Å². The molecule has 1 atom stereocenters. The van der Waals surface area contributed by atoms with Gasteiger partial charge in [0.25, 0.3) is 5.91 Å². The molecule has 1 fully saturated rings. The van der Waals surface area contributed by atoms with E-state index in [1.54, 1.807) is 46.1 Å². The Morgan fingerprint density at radius 3 is 2.47 bits per heavy atom. The van der Waals surface area contributed by atoms with Gasteiger partial charge in [0.15, 0.2) is 0 Å². The number of hydrogen-bond acceptors (Lipinski definition) is 5. The normalized spacial score (nSPS) is 16.7.